The van der Waals surface area contributed by atoms with Crippen LogP contribution in [0.4, 0.5) is 0 Å². The molecule has 4 fully saturated rings. The molecule has 2 aliphatic carbocycles. The third kappa shape index (κ3) is 4.81. The second kappa shape index (κ2) is 8.71. The lowest BCUT2D eigenvalue weighted by Crippen LogP contribution is -2.53. The van der Waals surface area contributed by atoms with E-state index in [0.717, 1.165) is 58.5 Å². The van der Waals surface area contributed by atoms with Crippen LogP contribution in [-0.4, -0.2) is 61.8 Å². The van der Waals surface area contributed by atoms with Crippen molar-refractivity contribution in [2.75, 3.05) is 39.4 Å². The minimum Gasteiger partial charge on any atom is -0.379 e. The molecule has 2 heterocycles. The summed E-state index contributed by atoms with van der Waals surface area (Å²) in [6.45, 7) is 5.01. The molecule has 8 heteroatoms. The molecule has 1 amide bonds. The van der Waals surface area contributed by atoms with Crippen molar-refractivity contribution in [2.45, 2.75) is 69.4 Å². The van der Waals surface area contributed by atoms with Gasteiger partial charge in [-0.05, 0) is 25.7 Å². The summed E-state index contributed by atoms with van der Waals surface area (Å²) in [7, 11) is 0. The molecular weight excluding hydrogens is 352 g/mol. The summed E-state index contributed by atoms with van der Waals surface area (Å²) in [5.74, 6) is -1.46. The summed E-state index contributed by atoms with van der Waals surface area (Å²) in [6.07, 6.45) is 7.55. The van der Waals surface area contributed by atoms with E-state index in [4.69, 9.17) is 24.3 Å². The third-order valence-corrected chi connectivity index (χ3v) is 6.26. The maximum atomic E-state index is 12.5. The van der Waals surface area contributed by atoms with Gasteiger partial charge in [0.25, 0.3) is 0 Å². The number of hydrogen-bond donors (Lipinski definition) is 1. The first-order valence-electron chi connectivity index (χ1n) is 10.5. The van der Waals surface area contributed by atoms with Gasteiger partial charge in [-0.2, -0.15) is 19.6 Å². The smallest absolute Gasteiger partial charge is 0.234 e. The van der Waals surface area contributed by atoms with E-state index in [-0.39, 0.29) is 11.8 Å². The Bertz CT molecular complexity index is 484. The summed E-state index contributed by atoms with van der Waals surface area (Å²) >= 11 is 0. The third-order valence-electron chi connectivity index (χ3n) is 6.26. The van der Waals surface area contributed by atoms with Crippen LogP contribution in [-0.2, 0) is 29.1 Å². The molecule has 0 aromatic carbocycles. The van der Waals surface area contributed by atoms with Crippen LogP contribution in [0.5, 0.6) is 0 Å². The highest BCUT2D eigenvalue weighted by molar-refractivity contribution is 5.78. The van der Waals surface area contributed by atoms with Crippen LogP contribution in [0.15, 0.2) is 0 Å². The average Bonchev–Trinajstić information content (AvgIpc) is 2.73. The van der Waals surface area contributed by atoms with Crippen LogP contribution in [0.25, 0.3) is 0 Å². The molecule has 0 bridgehead atoms. The monoisotopic (exact) mass is 384 g/mol. The minimum atomic E-state index is -0.854. The van der Waals surface area contributed by atoms with Gasteiger partial charge in [-0.15, -0.1) is 0 Å². The molecule has 2 saturated carbocycles. The Morgan fingerprint density at radius 2 is 1.48 bits per heavy atom. The second-order valence-corrected chi connectivity index (χ2v) is 8.23. The zero-order valence-electron chi connectivity index (χ0n) is 16.1. The predicted octanol–water partition coefficient (Wildman–Crippen LogP) is 1.89. The topological polar surface area (TPSA) is 78.5 Å². The first-order valence-corrected chi connectivity index (χ1v) is 10.5. The lowest BCUT2D eigenvalue weighted by molar-refractivity contribution is -0.662. The molecule has 2 saturated heterocycles. The number of ether oxygens (including phenoxy) is 1. The Hall–Kier alpha value is -0.770. The van der Waals surface area contributed by atoms with E-state index < -0.39 is 11.6 Å². The van der Waals surface area contributed by atoms with Crippen LogP contribution < -0.4 is 5.32 Å². The van der Waals surface area contributed by atoms with Crippen molar-refractivity contribution in [1.29, 1.82) is 0 Å². The van der Waals surface area contributed by atoms with Crippen molar-refractivity contribution >= 4 is 5.91 Å². The molecule has 27 heavy (non-hydrogen) atoms. The predicted molar refractivity (Wildman–Crippen MR) is 95.1 cm³/mol. The van der Waals surface area contributed by atoms with E-state index in [1.54, 1.807) is 0 Å². The Kier molecular flexibility index (Phi) is 6.31. The van der Waals surface area contributed by atoms with Gasteiger partial charge in [0.1, 0.15) is 0 Å². The number of morpholine rings is 1. The van der Waals surface area contributed by atoms with Crippen LogP contribution >= 0.6 is 0 Å². The van der Waals surface area contributed by atoms with E-state index >= 15 is 0 Å². The molecule has 0 atom stereocenters. The van der Waals surface area contributed by atoms with E-state index in [2.05, 4.69) is 10.2 Å². The molecule has 0 radical (unpaired) electrons. The Morgan fingerprint density at radius 3 is 2.11 bits per heavy atom. The van der Waals surface area contributed by atoms with Gasteiger partial charge in [0.2, 0.25) is 17.5 Å². The van der Waals surface area contributed by atoms with E-state index in [1.807, 2.05) is 0 Å². The number of rotatable bonds is 4. The molecule has 2 aliphatic heterocycles. The summed E-state index contributed by atoms with van der Waals surface area (Å²) in [4.78, 5) is 37.5. The van der Waals surface area contributed by atoms with Gasteiger partial charge in [0, 0.05) is 57.8 Å². The largest absolute Gasteiger partial charge is 0.379 e. The summed E-state index contributed by atoms with van der Waals surface area (Å²) < 4.78 is 5.34. The number of nitrogens with zero attached hydrogens (tertiary/aromatic N) is 1. The fourth-order valence-corrected chi connectivity index (χ4v) is 4.38. The normalized spacial score (nSPS) is 29.0. The van der Waals surface area contributed by atoms with Crippen molar-refractivity contribution in [3.05, 3.63) is 0 Å². The first-order chi connectivity index (χ1) is 13.2. The Labute approximate surface area is 160 Å². The lowest BCUT2D eigenvalue weighted by Gasteiger charge is -2.46. The van der Waals surface area contributed by atoms with Gasteiger partial charge in [-0.1, -0.05) is 6.42 Å². The van der Waals surface area contributed by atoms with Crippen molar-refractivity contribution in [3.8, 4) is 0 Å². The van der Waals surface area contributed by atoms with Gasteiger partial charge in [0.05, 0.1) is 13.2 Å². The summed E-state index contributed by atoms with van der Waals surface area (Å²) in [5.41, 5.74) is 0. The van der Waals surface area contributed by atoms with Crippen molar-refractivity contribution in [1.82, 2.24) is 10.2 Å². The van der Waals surface area contributed by atoms with Crippen molar-refractivity contribution in [3.63, 3.8) is 0 Å². The van der Waals surface area contributed by atoms with Gasteiger partial charge < -0.3 is 10.1 Å². The summed E-state index contributed by atoms with van der Waals surface area (Å²) in [6, 6.07) is 0. The molecule has 0 unspecified atom stereocenters. The van der Waals surface area contributed by atoms with Crippen molar-refractivity contribution in [2.24, 2.45) is 5.92 Å². The standard InChI is InChI=1S/C19H32N2O6/c22-17(20-10-11-21-12-14-23-15-13-21)16-4-8-19(9-5-16)26-24-18(25-27-19)6-2-1-3-7-18/h16H,1-15H2,(H,20,22). The molecule has 2 spiro atoms. The van der Waals surface area contributed by atoms with Gasteiger partial charge in [-0.25, -0.2) is 0 Å². The van der Waals surface area contributed by atoms with Crippen LogP contribution in [0.1, 0.15) is 57.8 Å². The molecular formula is C19H32N2O6. The summed E-state index contributed by atoms with van der Waals surface area (Å²) in [5, 5.41) is 3.07. The highest BCUT2D eigenvalue weighted by atomic mass is 17.4. The highest BCUT2D eigenvalue weighted by Gasteiger charge is 2.51. The van der Waals surface area contributed by atoms with E-state index in [0.29, 0.717) is 32.2 Å². The molecule has 0 aromatic rings. The highest BCUT2D eigenvalue weighted by Crippen LogP contribution is 2.44. The fraction of sp³-hybridized carbons (Fsp3) is 0.947. The quantitative estimate of drug-likeness (QED) is 0.742. The second-order valence-electron chi connectivity index (χ2n) is 8.23. The van der Waals surface area contributed by atoms with Gasteiger partial charge >= 0.3 is 0 Å². The molecule has 1 N–H and O–H groups in total. The zero-order chi connectivity index (χ0) is 18.6. The number of hydrogen-bond acceptors (Lipinski definition) is 7. The molecule has 0 aromatic heterocycles. The zero-order valence-corrected chi connectivity index (χ0v) is 16.1. The Balaban J connectivity index is 1.17. The first kappa shape index (κ1) is 19.5. The number of carbonyl (C=O) groups is 1. The maximum absolute atomic E-state index is 12.5. The lowest BCUT2D eigenvalue weighted by atomic mass is 9.84. The van der Waals surface area contributed by atoms with Crippen molar-refractivity contribution < 1.29 is 29.1 Å². The average molecular weight is 384 g/mol. The van der Waals surface area contributed by atoms with Gasteiger partial charge in [-0.3, -0.25) is 9.69 Å². The molecule has 4 aliphatic rings. The molecule has 8 nitrogen and oxygen atoms in total. The Morgan fingerprint density at radius 1 is 0.889 bits per heavy atom. The van der Waals surface area contributed by atoms with Crippen LogP contribution in [0, 0.1) is 5.92 Å². The van der Waals surface area contributed by atoms with Gasteiger partial charge in [0.15, 0.2) is 0 Å². The number of carbonyl (C=O) groups excluding carboxylic acids is 1. The van der Waals surface area contributed by atoms with E-state index in [9.17, 15) is 4.79 Å². The fourth-order valence-electron chi connectivity index (χ4n) is 4.38. The molecule has 4 rings (SSSR count). The maximum Gasteiger partial charge on any atom is 0.234 e. The number of amides is 1. The van der Waals surface area contributed by atoms with E-state index in [1.165, 1.54) is 6.42 Å². The van der Waals surface area contributed by atoms with Crippen LogP contribution in [0.3, 0.4) is 0 Å². The molecule has 154 valence electrons. The number of nitrogens with one attached hydrogen (secondary N) is 1. The SMILES string of the molecule is O=C(NCCN1CCOCC1)C1CCC2(CC1)OOC1(CCCCC1)OO2. The van der Waals surface area contributed by atoms with Crippen LogP contribution in [0.2, 0.25) is 0 Å². The minimum absolute atomic E-state index is 0.00178.